The van der Waals surface area contributed by atoms with Gasteiger partial charge in [0.25, 0.3) is 0 Å². The molecular weight excluding hydrogens is 158 g/mol. The van der Waals surface area contributed by atoms with Crippen molar-refractivity contribution in [1.82, 2.24) is 5.32 Å². The van der Waals surface area contributed by atoms with Crippen LogP contribution >= 0.6 is 0 Å². The second-order valence-corrected chi connectivity index (χ2v) is 4.44. The zero-order valence-electron chi connectivity index (χ0n) is 8.68. The molecule has 0 heterocycles. The van der Waals surface area contributed by atoms with Crippen molar-refractivity contribution in [1.29, 1.82) is 0 Å². The summed E-state index contributed by atoms with van der Waals surface area (Å²) in [6, 6.07) is 0.752. The van der Waals surface area contributed by atoms with Crippen molar-refractivity contribution in [3.63, 3.8) is 0 Å². The summed E-state index contributed by atoms with van der Waals surface area (Å²) in [5.74, 6) is 0.982. The van der Waals surface area contributed by atoms with Gasteiger partial charge < -0.3 is 5.32 Å². The van der Waals surface area contributed by atoms with Gasteiger partial charge in [0.15, 0.2) is 0 Å². The standard InChI is InChI=1S/C12H21N/c1-2-9-13-12(11-7-8-11)10-5-3-4-6-10/h5,11-13H,2-4,6-9H2,1H3. The summed E-state index contributed by atoms with van der Waals surface area (Å²) in [7, 11) is 0. The average molecular weight is 179 g/mol. The summed E-state index contributed by atoms with van der Waals surface area (Å²) in [5, 5.41) is 3.70. The van der Waals surface area contributed by atoms with Crippen LogP contribution in [-0.2, 0) is 0 Å². The number of nitrogens with one attached hydrogen (secondary N) is 1. The van der Waals surface area contributed by atoms with Gasteiger partial charge in [-0.3, -0.25) is 0 Å². The third-order valence-corrected chi connectivity index (χ3v) is 3.18. The smallest absolute Gasteiger partial charge is 0.0307 e. The Kier molecular flexibility index (Phi) is 3.05. The van der Waals surface area contributed by atoms with Crippen molar-refractivity contribution >= 4 is 0 Å². The van der Waals surface area contributed by atoms with Gasteiger partial charge in [0.1, 0.15) is 0 Å². The maximum absolute atomic E-state index is 3.70. The van der Waals surface area contributed by atoms with Crippen LogP contribution in [0, 0.1) is 5.92 Å². The Morgan fingerprint density at radius 3 is 2.92 bits per heavy atom. The molecule has 0 bridgehead atoms. The molecule has 0 amide bonds. The molecule has 2 aliphatic rings. The van der Waals surface area contributed by atoms with E-state index < -0.39 is 0 Å². The molecule has 1 atom stereocenters. The quantitative estimate of drug-likeness (QED) is 0.640. The summed E-state index contributed by atoms with van der Waals surface area (Å²) in [4.78, 5) is 0. The zero-order valence-corrected chi connectivity index (χ0v) is 8.68. The first kappa shape index (κ1) is 9.26. The van der Waals surface area contributed by atoms with Crippen LogP contribution in [0.15, 0.2) is 11.6 Å². The maximum Gasteiger partial charge on any atom is 0.0307 e. The van der Waals surface area contributed by atoms with Crippen LogP contribution in [0.2, 0.25) is 0 Å². The first-order chi connectivity index (χ1) is 6.42. The second kappa shape index (κ2) is 4.28. The van der Waals surface area contributed by atoms with E-state index in [-0.39, 0.29) is 0 Å². The van der Waals surface area contributed by atoms with Gasteiger partial charge in [-0.05, 0) is 51.0 Å². The largest absolute Gasteiger partial charge is 0.310 e. The molecule has 74 valence electrons. The van der Waals surface area contributed by atoms with E-state index in [4.69, 9.17) is 0 Å². The van der Waals surface area contributed by atoms with Gasteiger partial charge in [0, 0.05) is 6.04 Å². The van der Waals surface area contributed by atoms with Gasteiger partial charge in [-0.25, -0.2) is 0 Å². The van der Waals surface area contributed by atoms with Crippen molar-refractivity contribution in [3.05, 3.63) is 11.6 Å². The van der Waals surface area contributed by atoms with Crippen molar-refractivity contribution in [2.45, 2.75) is 51.5 Å². The van der Waals surface area contributed by atoms with E-state index >= 15 is 0 Å². The molecule has 0 aromatic carbocycles. The maximum atomic E-state index is 3.70. The van der Waals surface area contributed by atoms with Crippen LogP contribution < -0.4 is 5.32 Å². The molecule has 2 aliphatic carbocycles. The predicted octanol–water partition coefficient (Wildman–Crippen LogP) is 2.87. The van der Waals surface area contributed by atoms with E-state index in [0.717, 1.165) is 12.0 Å². The number of hydrogen-bond acceptors (Lipinski definition) is 1. The Hall–Kier alpha value is -0.300. The Morgan fingerprint density at radius 1 is 1.54 bits per heavy atom. The van der Waals surface area contributed by atoms with Gasteiger partial charge in [0.05, 0.1) is 0 Å². The number of allylic oxidation sites excluding steroid dienone is 1. The van der Waals surface area contributed by atoms with Crippen LogP contribution in [-0.4, -0.2) is 12.6 Å². The molecule has 0 radical (unpaired) electrons. The van der Waals surface area contributed by atoms with E-state index in [1.54, 1.807) is 5.57 Å². The lowest BCUT2D eigenvalue weighted by atomic mass is 10.0. The molecule has 0 aromatic heterocycles. The number of rotatable bonds is 5. The third kappa shape index (κ3) is 2.34. The summed E-state index contributed by atoms with van der Waals surface area (Å²) in [5.41, 5.74) is 1.72. The van der Waals surface area contributed by atoms with Crippen molar-refractivity contribution in [3.8, 4) is 0 Å². The van der Waals surface area contributed by atoms with Crippen LogP contribution in [0.3, 0.4) is 0 Å². The van der Waals surface area contributed by atoms with Gasteiger partial charge in [-0.2, -0.15) is 0 Å². The van der Waals surface area contributed by atoms with E-state index in [2.05, 4.69) is 18.3 Å². The lowest BCUT2D eigenvalue weighted by Gasteiger charge is -2.19. The topological polar surface area (TPSA) is 12.0 Å². The minimum atomic E-state index is 0.752. The van der Waals surface area contributed by atoms with E-state index in [1.165, 1.54) is 45.1 Å². The molecule has 0 aliphatic heterocycles. The zero-order chi connectivity index (χ0) is 9.10. The Balaban J connectivity index is 1.88. The fraction of sp³-hybridized carbons (Fsp3) is 0.833. The van der Waals surface area contributed by atoms with Gasteiger partial charge in [-0.15, -0.1) is 0 Å². The van der Waals surface area contributed by atoms with Gasteiger partial charge in [0.2, 0.25) is 0 Å². The molecule has 0 saturated heterocycles. The molecule has 1 N–H and O–H groups in total. The van der Waals surface area contributed by atoms with Crippen LogP contribution in [0.1, 0.15) is 45.4 Å². The fourth-order valence-electron chi connectivity index (χ4n) is 2.31. The molecule has 0 spiro atoms. The van der Waals surface area contributed by atoms with Crippen molar-refractivity contribution < 1.29 is 0 Å². The fourth-order valence-corrected chi connectivity index (χ4v) is 2.31. The Labute approximate surface area is 81.6 Å². The second-order valence-electron chi connectivity index (χ2n) is 4.44. The molecule has 1 nitrogen and oxygen atoms in total. The highest BCUT2D eigenvalue weighted by atomic mass is 14.9. The van der Waals surface area contributed by atoms with E-state index in [9.17, 15) is 0 Å². The average Bonchev–Trinajstić information content (AvgIpc) is 2.82. The minimum absolute atomic E-state index is 0.752. The molecule has 13 heavy (non-hydrogen) atoms. The minimum Gasteiger partial charge on any atom is -0.310 e. The summed E-state index contributed by atoms with van der Waals surface area (Å²) in [6.45, 7) is 3.44. The summed E-state index contributed by atoms with van der Waals surface area (Å²) < 4.78 is 0. The van der Waals surface area contributed by atoms with Crippen LogP contribution in [0.5, 0.6) is 0 Å². The SMILES string of the molecule is CCCNC(C1=CCCC1)C1CC1. The van der Waals surface area contributed by atoms with Gasteiger partial charge >= 0.3 is 0 Å². The molecular formula is C12H21N. The van der Waals surface area contributed by atoms with Crippen LogP contribution in [0.4, 0.5) is 0 Å². The highest BCUT2D eigenvalue weighted by Crippen LogP contribution is 2.38. The van der Waals surface area contributed by atoms with Crippen molar-refractivity contribution in [2.24, 2.45) is 5.92 Å². The predicted molar refractivity (Wildman–Crippen MR) is 56.7 cm³/mol. The lowest BCUT2D eigenvalue weighted by molar-refractivity contribution is 0.507. The highest BCUT2D eigenvalue weighted by Gasteiger charge is 2.33. The third-order valence-electron chi connectivity index (χ3n) is 3.18. The van der Waals surface area contributed by atoms with E-state index in [1.807, 2.05) is 0 Å². The summed E-state index contributed by atoms with van der Waals surface area (Å²) >= 11 is 0. The van der Waals surface area contributed by atoms with Crippen LogP contribution in [0.25, 0.3) is 0 Å². The number of hydrogen-bond donors (Lipinski definition) is 1. The van der Waals surface area contributed by atoms with Crippen molar-refractivity contribution in [2.75, 3.05) is 6.54 Å². The summed E-state index contributed by atoms with van der Waals surface area (Å²) in [6.07, 6.45) is 10.7. The first-order valence-electron chi connectivity index (χ1n) is 5.84. The molecule has 1 unspecified atom stereocenters. The molecule has 1 fully saturated rings. The van der Waals surface area contributed by atoms with Gasteiger partial charge in [-0.1, -0.05) is 18.6 Å². The highest BCUT2D eigenvalue weighted by molar-refractivity contribution is 5.18. The molecule has 1 saturated carbocycles. The normalized spacial score (nSPS) is 24.5. The van der Waals surface area contributed by atoms with E-state index in [0.29, 0.717) is 0 Å². The first-order valence-corrected chi connectivity index (χ1v) is 5.84. The molecule has 2 rings (SSSR count). The molecule has 1 heteroatoms. The monoisotopic (exact) mass is 179 g/mol. The Morgan fingerprint density at radius 2 is 2.38 bits per heavy atom. The lowest BCUT2D eigenvalue weighted by Crippen LogP contribution is -2.33. The molecule has 0 aromatic rings. The Bertz CT molecular complexity index is 191.